The zero-order valence-electron chi connectivity index (χ0n) is 24.3. The number of benzene rings is 3. The summed E-state index contributed by atoms with van der Waals surface area (Å²) in [5.41, 5.74) is 2.56. The van der Waals surface area contributed by atoms with Gasteiger partial charge in [0.25, 0.3) is 5.91 Å². The van der Waals surface area contributed by atoms with E-state index in [-0.39, 0.29) is 23.8 Å². The summed E-state index contributed by atoms with van der Waals surface area (Å²) in [7, 11) is 0. The van der Waals surface area contributed by atoms with Gasteiger partial charge in [0.15, 0.2) is 5.76 Å². The molecule has 2 aliphatic heterocycles. The lowest BCUT2D eigenvalue weighted by atomic mass is 10.0. The first-order valence-corrected chi connectivity index (χ1v) is 15.0. The number of carbonyl (C=O) groups is 1. The fraction of sp³-hybridized carbons (Fsp3) is 0.382. The van der Waals surface area contributed by atoms with Crippen LogP contribution in [0.5, 0.6) is 5.75 Å². The number of furan rings is 1. The molecule has 1 amide bonds. The molecule has 2 fully saturated rings. The molecule has 44 heavy (non-hydrogen) atoms. The van der Waals surface area contributed by atoms with Crippen LogP contribution < -0.4 is 15.0 Å². The van der Waals surface area contributed by atoms with Crippen molar-refractivity contribution >= 4 is 22.6 Å². The monoisotopic (exact) mass is 609 g/mol. The highest BCUT2D eigenvalue weighted by molar-refractivity contribution is 5.96. The predicted molar refractivity (Wildman–Crippen MR) is 161 cm³/mol. The number of hydrogen-bond donors (Lipinski definition) is 1. The lowest BCUT2D eigenvalue weighted by molar-refractivity contribution is -0.137. The minimum atomic E-state index is -4.34. The van der Waals surface area contributed by atoms with Crippen molar-refractivity contribution in [2.45, 2.75) is 57.2 Å². The summed E-state index contributed by atoms with van der Waals surface area (Å²) >= 11 is 0. The standard InChI is InChI=1S/C34H35F4N3O3/c35-21-23-1-3-24(4-2-23)22-40-15-11-27(12-16-40)39-33(42)32-20-25-19-30(9-10-31(25)44-32)43-29-13-17-41(18-14-29)28-7-5-26(6-8-28)34(36,37)38/h1-10,19-20,27,29H,11-18,21-22H2,(H,39,42). The number of likely N-dealkylation sites (tertiary alicyclic amines) is 1. The Labute approximate surface area is 253 Å². The van der Waals surface area contributed by atoms with Gasteiger partial charge in [-0.1, -0.05) is 24.3 Å². The van der Waals surface area contributed by atoms with Crippen LogP contribution in [0.15, 0.2) is 77.2 Å². The first-order valence-electron chi connectivity index (χ1n) is 15.0. The number of ether oxygens (including phenoxy) is 1. The summed E-state index contributed by atoms with van der Waals surface area (Å²) in [6.07, 6.45) is -1.21. The van der Waals surface area contributed by atoms with Gasteiger partial charge in [0.2, 0.25) is 0 Å². The fourth-order valence-corrected chi connectivity index (χ4v) is 5.98. The third-order valence-electron chi connectivity index (χ3n) is 8.52. The Bertz CT molecular complexity index is 1550. The molecular formula is C34H35F4N3O3. The molecular weight excluding hydrogens is 574 g/mol. The van der Waals surface area contributed by atoms with Gasteiger partial charge < -0.3 is 19.4 Å². The molecule has 10 heteroatoms. The van der Waals surface area contributed by atoms with Crippen LogP contribution in [0.2, 0.25) is 0 Å². The number of alkyl halides is 4. The number of nitrogens with one attached hydrogen (secondary N) is 1. The summed E-state index contributed by atoms with van der Waals surface area (Å²) in [5.74, 6) is 0.710. The highest BCUT2D eigenvalue weighted by atomic mass is 19.4. The molecule has 0 unspecified atom stereocenters. The van der Waals surface area contributed by atoms with E-state index in [1.165, 1.54) is 12.1 Å². The topological polar surface area (TPSA) is 58.0 Å². The Balaban J connectivity index is 0.976. The van der Waals surface area contributed by atoms with Crippen molar-refractivity contribution in [3.05, 3.63) is 95.2 Å². The van der Waals surface area contributed by atoms with Crippen molar-refractivity contribution in [1.29, 1.82) is 0 Å². The van der Waals surface area contributed by atoms with E-state index in [4.69, 9.17) is 9.15 Å². The molecule has 0 spiro atoms. The SMILES string of the molecule is O=C(NC1CCN(Cc2ccc(CF)cc2)CC1)c1cc2cc(OC3CCN(c4ccc(C(F)(F)F)cc4)CC3)ccc2o1. The molecule has 2 aliphatic rings. The third-order valence-corrected chi connectivity index (χ3v) is 8.52. The number of fused-ring (bicyclic) bond motifs is 1. The van der Waals surface area contributed by atoms with Crippen molar-refractivity contribution in [3.63, 3.8) is 0 Å². The molecule has 6 nitrogen and oxygen atoms in total. The van der Waals surface area contributed by atoms with Crippen LogP contribution in [0.3, 0.4) is 0 Å². The highest BCUT2D eigenvalue weighted by Crippen LogP contribution is 2.32. The summed E-state index contributed by atoms with van der Waals surface area (Å²) in [5, 5.41) is 3.89. The van der Waals surface area contributed by atoms with Gasteiger partial charge in [0, 0.05) is 62.7 Å². The van der Waals surface area contributed by atoms with Gasteiger partial charge >= 0.3 is 6.18 Å². The van der Waals surface area contributed by atoms with E-state index in [0.717, 1.165) is 74.1 Å². The quantitative estimate of drug-likeness (QED) is 0.212. The third kappa shape index (κ3) is 7.18. The molecule has 0 radical (unpaired) electrons. The average Bonchev–Trinajstić information content (AvgIpc) is 3.46. The number of carbonyl (C=O) groups excluding carboxylic acids is 1. The van der Waals surface area contributed by atoms with Crippen LogP contribution in [-0.4, -0.2) is 49.1 Å². The smallest absolute Gasteiger partial charge is 0.416 e. The number of hydrogen-bond acceptors (Lipinski definition) is 5. The summed E-state index contributed by atoms with van der Waals surface area (Å²) in [6, 6.07) is 20.2. The van der Waals surface area contributed by atoms with Crippen LogP contribution in [0.25, 0.3) is 11.0 Å². The second-order valence-electron chi connectivity index (χ2n) is 11.6. The van der Waals surface area contributed by atoms with Crippen LogP contribution >= 0.6 is 0 Å². The van der Waals surface area contributed by atoms with E-state index in [1.807, 2.05) is 36.4 Å². The van der Waals surface area contributed by atoms with Crippen LogP contribution in [-0.2, 0) is 19.4 Å². The Kier molecular flexibility index (Phi) is 8.79. The number of nitrogens with zero attached hydrogens (tertiary/aromatic N) is 2. The Morgan fingerprint density at radius 2 is 1.55 bits per heavy atom. The Hall–Kier alpha value is -4.05. The normalized spacial score (nSPS) is 17.2. The molecule has 1 N–H and O–H groups in total. The van der Waals surface area contributed by atoms with Crippen LogP contribution in [0, 0.1) is 0 Å². The van der Waals surface area contributed by atoms with Gasteiger partial charge in [-0.15, -0.1) is 0 Å². The Morgan fingerprint density at radius 1 is 0.864 bits per heavy atom. The largest absolute Gasteiger partial charge is 0.490 e. The maximum atomic E-state index is 13.0. The lowest BCUT2D eigenvalue weighted by Gasteiger charge is -2.33. The highest BCUT2D eigenvalue weighted by Gasteiger charge is 2.30. The van der Waals surface area contributed by atoms with Crippen molar-refractivity contribution in [3.8, 4) is 5.75 Å². The van der Waals surface area contributed by atoms with E-state index in [2.05, 4.69) is 15.1 Å². The maximum Gasteiger partial charge on any atom is 0.416 e. The second-order valence-corrected chi connectivity index (χ2v) is 11.6. The van der Waals surface area contributed by atoms with Gasteiger partial charge in [-0.05, 0) is 72.5 Å². The number of amides is 1. The number of rotatable bonds is 8. The van der Waals surface area contributed by atoms with E-state index >= 15 is 0 Å². The molecule has 232 valence electrons. The molecule has 3 heterocycles. The second kappa shape index (κ2) is 12.9. The van der Waals surface area contributed by atoms with Crippen molar-refractivity contribution in [2.24, 2.45) is 0 Å². The van der Waals surface area contributed by atoms with Gasteiger partial charge in [0.1, 0.15) is 24.1 Å². The molecule has 0 aliphatic carbocycles. The zero-order valence-corrected chi connectivity index (χ0v) is 24.3. The first kappa shape index (κ1) is 30.0. The summed E-state index contributed by atoms with van der Waals surface area (Å²) < 4.78 is 63.5. The molecule has 1 aromatic heterocycles. The van der Waals surface area contributed by atoms with Crippen molar-refractivity contribution in [2.75, 3.05) is 31.1 Å². The molecule has 4 aromatic rings. The molecule has 3 aromatic carbocycles. The molecule has 0 bridgehead atoms. The summed E-state index contributed by atoms with van der Waals surface area (Å²) in [6.45, 7) is 3.44. The zero-order chi connectivity index (χ0) is 30.7. The van der Waals surface area contributed by atoms with E-state index in [9.17, 15) is 22.4 Å². The van der Waals surface area contributed by atoms with E-state index in [0.29, 0.717) is 30.0 Å². The molecule has 0 saturated carbocycles. The predicted octanol–water partition coefficient (Wildman–Crippen LogP) is 7.36. The minimum Gasteiger partial charge on any atom is -0.490 e. The lowest BCUT2D eigenvalue weighted by Crippen LogP contribution is -2.44. The van der Waals surface area contributed by atoms with Crippen molar-refractivity contribution < 1.29 is 31.5 Å². The number of piperidine rings is 2. The minimum absolute atomic E-state index is 0.0202. The number of halogens is 4. The van der Waals surface area contributed by atoms with Gasteiger partial charge in [-0.25, -0.2) is 4.39 Å². The van der Waals surface area contributed by atoms with Crippen molar-refractivity contribution in [1.82, 2.24) is 10.2 Å². The van der Waals surface area contributed by atoms with Gasteiger partial charge in [0.05, 0.1) is 5.56 Å². The van der Waals surface area contributed by atoms with E-state index < -0.39 is 18.4 Å². The summed E-state index contributed by atoms with van der Waals surface area (Å²) in [4.78, 5) is 17.4. The van der Waals surface area contributed by atoms with Crippen LogP contribution in [0.1, 0.15) is 52.9 Å². The molecule has 6 rings (SSSR count). The van der Waals surface area contributed by atoms with Gasteiger partial charge in [-0.2, -0.15) is 13.2 Å². The number of anilines is 1. The maximum absolute atomic E-state index is 13.0. The molecule has 0 atom stereocenters. The van der Waals surface area contributed by atoms with E-state index in [1.54, 1.807) is 12.1 Å². The molecule has 2 saturated heterocycles. The Morgan fingerprint density at radius 3 is 2.20 bits per heavy atom. The first-order chi connectivity index (χ1) is 21.2. The average molecular weight is 610 g/mol. The van der Waals surface area contributed by atoms with Gasteiger partial charge in [-0.3, -0.25) is 9.69 Å². The fourth-order valence-electron chi connectivity index (χ4n) is 5.98. The van der Waals surface area contributed by atoms with Crippen LogP contribution in [0.4, 0.5) is 23.2 Å².